The quantitative estimate of drug-likeness (QED) is 0.851. The molecule has 1 aliphatic rings. The number of aliphatic hydroxyl groups excluding tert-OH is 1. The van der Waals surface area contributed by atoms with Gasteiger partial charge in [0, 0.05) is 12.5 Å². The molecule has 0 saturated carbocycles. The summed E-state index contributed by atoms with van der Waals surface area (Å²) in [6.07, 6.45) is 2.67. The van der Waals surface area contributed by atoms with E-state index in [1.807, 2.05) is 24.3 Å². The van der Waals surface area contributed by atoms with Crippen molar-refractivity contribution in [3.8, 4) is 23.5 Å². The lowest BCUT2D eigenvalue weighted by molar-refractivity contribution is 0.0401. The first-order valence-corrected chi connectivity index (χ1v) is 7.88. The standard InChI is InChI=1S/C20H19NO3/c1-3-19(22)13(2)24-20(23)21-12-18-16-10-6-4-8-14(16)15-9-5-7-11-17(15)18/h1,4-11,13,18-19,22H,12H2,2H3,(H,21,23)/t13-,19?/m0/s1. The average Bonchev–Trinajstić information content (AvgIpc) is 2.93. The third kappa shape index (κ3) is 2.99. The van der Waals surface area contributed by atoms with Crippen LogP contribution < -0.4 is 5.32 Å². The van der Waals surface area contributed by atoms with E-state index in [0.29, 0.717) is 6.54 Å². The lowest BCUT2D eigenvalue weighted by Crippen LogP contribution is -2.35. The Balaban J connectivity index is 1.72. The van der Waals surface area contributed by atoms with E-state index < -0.39 is 18.3 Å². The van der Waals surface area contributed by atoms with E-state index in [2.05, 4.69) is 35.5 Å². The maximum Gasteiger partial charge on any atom is 0.407 e. The molecular weight excluding hydrogens is 302 g/mol. The first-order valence-electron chi connectivity index (χ1n) is 7.88. The molecule has 0 bridgehead atoms. The fraction of sp³-hybridized carbons (Fsp3) is 0.250. The van der Waals surface area contributed by atoms with Crippen LogP contribution in [0.2, 0.25) is 0 Å². The summed E-state index contributed by atoms with van der Waals surface area (Å²) in [5, 5.41) is 12.2. The van der Waals surface area contributed by atoms with Crippen LogP contribution in [0.4, 0.5) is 4.79 Å². The number of nitrogens with one attached hydrogen (secondary N) is 1. The SMILES string of the molecule is C#CC(O)[C@H](C)OC(=O)NCC1c2ccccc2-c2ccccc21. The van der Waals surface area contributed by atoms with Crippen molar-refractivity contribution in [3.63, 3.8) is 0 Å². The van der Waals surface area contributed by atoms with Crippen LogP contribution in [0, 0.1) is 12.3 Å². The fourth-order valence-corrected chi connectivity index (χ4v) is 3.08. The Labute approximate surface area is 141 Å². The summed E-state index contributed by atoms with van der Waals surface area (Å²) in [4.78, 5) is 11.9. The van der Waals surface area contributed by atoms with E-state index in [1.165, 1.54) is 22.3 Å². The molecule has 0 heterocycles. The third-order valence-corrected chi connectivity index (χ3v) is 4.32. The van der Waals surface area contributed by atoms with E-state index in [-0.39, 0.29) is 5.92 Å². The molecule has 1 amide bonds. The molecule has 0 aromatic heterocycles. The molecule has 1 aliphatic carbocycles. The summed E-state index contributed by atoms with van der Waals surface area (Å²) < 4.78 is 5.10. The Morgan fingerprint density at radius 3 is 2.29 bits per heavy atom. The second kappa shape index (κ2) is 6.77. The molecule has 1 unspecified atom stereocenters. The van der Waals surface area contributed by atoms with Crippen LogP contribution in [0.1, 0.15) is 24.0 Å². The van der Waals surface area contributed by atoms with Gasteiger partial charge >= 0.3 is 6.09 Å². The number of carbonyl (C=O) groups excluding carboxylic acids is 1. The molecule has 0 spiro atoms. The van der Waals surface area contributed by atoms with Crippen molar-refractivity contribution in [2.24, 2.45) is 0 Å². The van der Waals surface area contributed by atoms with Gasteiger partial charge in [0.25, 0.3) is 0 Å². The van der Waals surface area contributed by atoms with Gasteiger partial charge < -0.3 is 15.2 Å². The van der Waals surface area contributed by atoms with Gasteiger partial charge in [0.15, 0.2) is 6.10 Å². The number of benzene rings is 2. The topological polar surface area (TPSA) is 58.6 Å². The van der Waals surface area contributed by atoms with Gasteiger partial charge in [-0.3, -0.25) is 0 Å². The van der Waals surface area contributed by atoms with Gasteiger partial charge in [-0.15, -0.1) is 6.42 Å². The summed E-state index contributed by atoms with van der Waals surface area (Å²) in [5.41, 5.74) is 4.78. The Hall–Kier alpha value is -2.77. The predicted molar refractivity (Wildman–Crippen MR) is 92.5 cm³/mol. The Kier molecular flexibility index (Phi) is 4.54. The number of ether oxygens (including phenoxy) is 1. The first-order chi connectivity index (χ1) is 11.6. The lowest BCUT2D eigenvalue weighted by atomic mass is 9.97. The molecule has 0 fully saturated rings. The third-order valence-electron chi connectivity index (χ3n) is 4.32. The Bertz CT molecular complexity index is 748. The minimum Gasteiger partial charge on any atom is -0.443 e. The van der Waals surface area contributed by atoms with Gasteiger partial charge in [0.05, 0.1) is 0 Å². The monoisotopic (exact) mass is 321 g/mol. The van der Waals surface area contributed by atoms with E-state index in [1.54, 1.807) is 6.92 Å². The van der Waals surface area contributed by atoms with Crippen molar-refractivity contribution in [2.75, 3.05) is 6.54 Å². The number of alkyl carbamates (subject to hydrolysis) is 1. The molecule has 2 aromatic carbocycles. The molecule has 4 heteroatoms. The minimum absolute atomic E-state index is 0.0813. The van der Waals surface area contributed by atoms with Gasteiger partial charge in [0.1, 0.15) is 6.10 Å². The molecule has 4 nitrogen and oxygen atoms in total. The van der Waals surface area contributed by atoms with Crippen LogP contribution in [-0.2, 0) is 4.74 Å². The van der Waals surface area contributed by atoms with Gasteiger partial charge in [-0.2, -0.15) is 0 Å². The number of carbonyl (C=O) groups is 1. The number of aliphatic hydroxyl groups is 1. The highest BCUT2D eigenvalue weighted by Crippen LogP contribution is 2.43. The summed E-state index contributed by atoms with van der Waals surface area (Å²) in [7, 11) is 0. The van der Waals surface area contributed by atoms with Crippen molar-refractivity contribution in [1.82, 2.24) is 5.32 Å². The van der Waals surface area contributed by atoms with E-state index >= 15 is 0 Å². The van der Waals surface area contributed by atoms with Gasteiger partial charge in [-0.05, 0) is 29.2 Å². The zero-order valence-electron chi connectivity index (χ0n) is 13.4. The van der Waals surface area contributed by atoms with E-state index in [9.17, 15) is 9.90 Å². The predicted octanol–water partition coefficient (Wildman–Crippen LogP) is 2.91. The lowest BCUT2D eigenvalue weighted by Gasteiger charge is -2.18. The van der Waals surface area contributed by atoms with Crippen LogP contribution >= 0.6 is 0 Å². The molecule has 24 heavy (non-hydrogen) atoms. The van der Waals surface area contributed by atoms with E-state index in [4.69, 9.17) is 11.2 Å². The van der Waals surface area contributed by atoms with Crippen molar-refractivity contribution >= 4 is 6.09 Å². The number of rotatable bonds is 4. The summed E-state index contributed by atoms with van der Waals surface area (Å²) in [6.45, 7) is 1.98. The maximum atomic E-state index is 11.9. The van der Waals surface area contributed by atoms with E-state index in [0.717, 1.165) is 0 Å². The van der Waals surface area contributed by atoms with Crippen molar-refractivity contribution in [3.05, 3.63) is 59.7 Å². The Morgan fingerprint density at radius 1 is 1.21 bits per heavy atom. The second-order valence-corrected chi connectivity index (χ2v) is 5.83. The summed E-state index contributed by atoms with van der Waals surface area (Å²) in [6, 6.07) is 16.4. The largest absolute Gasteiger partial charge is 0.443 e. The van der Waals surface area contributed by atoms with Crippen LogP contribution in [0.15, 0.2) is 48.5 Å². The highest BCUT2D eigenvalue weighted by molar-refractivity contribution is 5.79. The second-order valence-electron chi connectivity index (χ2n) is 5.83. The minimum atomic E-state index is -1.11. The molecule has 0 radical (unpaired) electrons. The number of amides is 1. The van der Waals surface area contributed by atoms with Gasteiger partial charge in [-0.1, -0.05) is 54.5 Å². The van der Waals surface area contributed by atoms with Crippen LogP contribution in [0.5, 0.6) is 0 Å². The highest BCUT2D eigenvalue weighted by atomic mass is 16.6. The molecule has 2 aromatic rings. The smallest absolute Gasteiger partial charge is 0.407 e. The molecule has 2 N–H and O–H groups in total. The normalized spacial score (nSPS) is 14.9. The number of fused-ring (bicyclic) bond motifs is 3. The van der Waals surface area contributed by atoms with Crippen LogP contribution in [0.25, 0.3) is 11.1 Å². The number of terminal acetylenes is 1. The average molecular weight is 321 g/mol. The Morgan fingerprint density at radius 2 is 1.75 bits per heavy atom. The molecule has 3 rings (SSSR count). The molecule has 122 valence electrons. The zero-order valence-corrected chi connectivity index (χ0v) is 13.4. The number of hydrogen-bond donors (Lipinski definition) is 2. The summed E-state index contributed by atoms with van der Waals surface area (Å²) in [5.74, 6) is 2.23. The summed E-state index contributed by atoms with van der Waals surface area (Å²) >= 11 is 0. The molecule has 0 aliphatic heterocycles. The van der Waals surface area contributed by atoms with Crippen molar-refractivity contribution < 1.29 is 14.6 Å². The highest BCUT2D eigenvalue weighted by Gasteiger charge is 2.28. The zero-order chi connectivity index (χ0) is 17.1. The first kappa shape index (κ1) is 16.1. The van der Waals surface area contributed by atoms with Crippen LogP contribution in [0.3, 0.4) is 0 Å². The number of hydrogen-bond acceptors (Lipinski definition) is 3. The molecule has 0 saturated heterocycles. The maximum absolute atomic E-state index is 11.9. The molecule has 2 atom stereocenters. The van der Waals surface area contributed by atoms with Gasteiger partial charge in [-0.25, -0.2) is 4.79 Å². The van der Waals surface area contributed by atoms with Crippen LogP contribution in [-0.4, -0.2) is 30.0 Å². The fourth-order valence-electron chi connectivity index (χ4n) is 3.08. The van der Waals surface area contributed by atoms with Gasteiger partial charge in [0.2, 0.25) is 0 Å². The molecular formula is C20H19NO3. The van der Waals surface area contributed by atoms with Crippen molar-refractivity contribution in [1.29, 1.82) is 0 Å². The van der Waals surface area contributed by atoms with Crippen molar-refractivity contribution in [2.45, 2.75) is 25.0 Å².